The molecule has 0 aromatic rings. The maximum Gasteiger partial charge on any atom is -0.00153 e. The van der Waals surface area contributed by atoms with Crippen LogP contribution in [0, 0.1) is 5.92 Å². The van der Waals surface area contributed by atoms with Crippen molar-refractivity contribution in [1.82, 2.24) is 5.32 Å². The summed E-state index contributed by atoms with van der Waals surface area (Å²) in [6.45, 7) is 7.00. The molecule has 0 aliphatic rings. The van der Waals surface area contributed by atoms with Crippen molar-refractivity contribution in [3.05, 3.63) is 0 Å². The minimum atomic E-state index is 0.820. The highest BCUT2D eigenvalue weighted by atomic mass is 32.2. The Balaban J connectivity index is 2.98. The first-order valence-corrected chi connectivity index (χ1v) is 7.90. The molecule has 0 bridgehead atoms. The summed E-state index contributed by atoms with van der Waals surface area (Å²) >= 11 is 1.95. The van der Waals surface area contributed by atoms with Crippen molar-refractivity contribution in [3.8, 4) is 0 Å². The van der Waals surface area contributed by atoms with Crippen molar-refractivity contribution in [3.63, 3.8) is 0 Å². The highest BCUT2D eigenvalue weighted by Gasteiger charge is 1.99. The molecule has 0 rings (SSSR count). The molecule has 1 nitrogen and oxygen atoms in total. The fraction of sp³-hybridized carbons (Fsp3) is 1.00. The van der Waals surface area contributed by atoms with Crippen LogP contribution in [0.4, 0.5) is 0 Å². The van der Waals surface area contributed by atoms with Crippen molar-refractivity contribution < 1.29 is 0 Å². The van der Waals surface area contributed by atoms with Crippen LogP contribution < -0.4 is 5.32 Å². The lowest BCUT2D eigenvalue weighted by Gasteiger charge is -2.10. The van der Waals surface area contributed by atoms with Gasteiger partial charge in [0.1, 0.15) is 0 Å². The number of thioether (sulfide) groups is 1. The summed E-state index contributed by atoms with van der Waals surface area (Å²) in [5, 5.41) is 3.55. The fourth-order valence-electron chi connectivity index (χ4n) is 1.72. The topological polar surface area (TPSA) is 12.0 Å². The number of hydrogen-bond donors (Lipinski definition) is 1. The summed E-state index contributed by atoms with van der Waals surface area (Å²) in [6.07, 6.45) is 10.6. The highest BCUT2D eigenvalue weighted by molar-refractivity contribution is 7.98. The third kappa shape index (κ3) is 12.2. The van der Waals surface area contributed by atoms with Gasteiger partial charge in [-0.05, 0) is 37.4 Å². The lowest BCUT2D eigenvalue weighted by molar-refractivity contribution is 0.526. The SMILES string of the molecule is CCCCCCCCNCC(C)CSC. The molecular formula is C13H29NS. The fourth-order valence-corrected chi connectivity index (χ4v) is 2.41. The molecule has 0 aliphatic carbocycles. The van der Waals surface area contributed by atoms with E-state index in [0.29, 0.717) is 0 Å². The number of rotatable bonds is 11. The number of hydrogen-bond acceptors (Lipinski definition) is 2. The van der Waals surface area contributed by atoms with Gasteiger partial charge in [0.15, 0.2) is 0 Å². The zero-order valence-electron chi connectivity index (χ0n) is 10.8. The Morgan fingerprint density at radius 3 is 2.40 bits per heavy atom. The molecule has 0 aromatic carbocycles. The van der Waals surface area contributed by atoms with Gasteiger partial charge in [-0.3, -0.25) is 0 Å². The van der Waals surface area contributed by atoms with Crippen molar-refractivity contribution in [2.24, 2.45) is 5.92 Å². The Hall–Kier alpha value is 0.310. The first kappa shape index (κ1) is 15.3. The summed E-state index contributed by atoms with van der Waals surface area (Å²) in [5.74, 6) is 2.10. The summed E-state index contributed by atoms with van der Waals surface area (Å²) in [4.78, 5) is 0. The molecule has 0 fully saturated rings. The van der Waals surface area contributed by atoms with Gasteiger partial charge in [0.25, 0.3) is 0 Å². The summed E-state index contributed by atoms with van der Waals surface area (Å²) in [5.41, 5.74) is 0. The van der Waals surface area contributed by atoms with Crippen molar-refractivity contribution in [1.29, 1.82) is 0 Å². The van der Waals surface area contributed by atoms with Crippen LogP contribution in [0.5, 0.6) is 0 Å². The van der Waals surface area contributed by atoms with E-state index in [1.807, 2.05) is 11.8 Å². The van der Waals surface area contributed by atoms with Gasteiger partial charge >= 0.3 is 0 Å². The molecule has 1 atom stereocenters. The zero-order valence-corrected chi connectivity index (χ0v) is 11.7. The molecule has 0 saturated carbocycles. The van der Waals surface area contributed by atoms with Gasteiger partial charge < -0.3 is 5.32 Å². The average molecular weight is 231 g/mol. The van der Waals surface area contributed by atoms with Crippen molar-refractivity contribution >= 4 is 11.8 Å². The molecule has 1 unspecified atom stereocenters. The van der Waals surface area contributed by atoms with E-state index in [1.54, 1.807) is 0 Å². The average Bonchev–Trinajstić information content (AvgIpc) is 2.22. The number of unbranched alkanes of at least 4 members (excludes halogenated alkanes) is 5. The first-order valence-electron chi connectivity index (χ1n) is 6.50. The van der Waals surface area contributed by atoms with Gasteiger partial charge in [-0.1, -0.05) is 46.0 Å². The van der Waals surface area contributed by atoms with E-state index in [2.05, 4.69) is 25.4 Å². The summed E-state index contributed by atoms with van der Waals surface area (Å²) < 4.78 is 0. The van der Waals surface area contributed by atoms with E-state index >= 15 is 0 Å². The molecule has 15 heavy (non-hydrogen) atoms. The largest absolute Gasteiger partial charge is 0.316 e. The molecule has 0 spiro atoms. The van der Waals surface area contributed by atoms with Gasteiger partial charge in [-0.15, -0.1) is 0 Å². The standard InChI is InChI=1S/C13H29NS/c1-4-5-6-7-8-9-10-14-11-13(2)12-15-3/h13-14H,4-12H2,1-3H3. The molecular weight excluding hydrogens is 202 g/mol. The van der Waals surface area contributed by atoms with Gasteiger partial charge in [0.2, 0.25) is 0 Å². The Labute approximate surface area is 101 Å². The lowest BCUT2D eigenvalue weighted by Crippen LogP contribution is -2.23. The van der Waals surface area contributed by atoms with Crippen LogP contribution in [0.2, 0.25) is 0 Å². The molecule has 0 saturated heterocycles. The second kappa shape index (κ2) is 12.4. The van der Waals surface area contributed by atoms with Crippen LogP contribution in [0.3, 0.4) is 0 Å². The maximum absolute atomic E-state index is 3.55. The van der Waals surface area contributed by atoms with E-state index in [9.17, 15) is 0 Å². The molecule has 1 N–H and O–H groups in total. The lowest BCUT2D eigenvalue weighted by atomic mass is 10.1. The zero-order chi connectivity index (χ0) is 11.4. The predicted molar refractivity (Wildman–Crippen MR) is 73.8 cm³/mol. The van der Waals surface area contributed by atoms with E-state index in [4.69, 9.17) is 0 Å². The molecule has 0 amide bonds. The predicted octanol–water partition coefficient (Wildman–Crippen LogP) is 3.94. The maximum atomic E-state index is 3.55. The minimum Gasteiger partial charge on any atom is -0.316 e. The van der Waals surface area contributed by atoms with Crippen molar-refractivity contribution in [2.75, 3.05) is 25.1 Å². The van der Waals surface area contributed by atoms with Crippen molar-refractivity contribution in [2.45, 2.75) is 52.4 Å². The Morgan fingerprint density at radius 2 is 1.73 bits per heavy atom. The second-order valence-corrected chi connectivity index (χ2v) is 5.44. The van der Waals surface area contributed by atoms with Crippen LogP contribution in [-0.2, 0) is 0 Å². The summed E-state index contributed by atoms with van der Waals surface area (Å²) in [7, 11) is 0. The van der Waals surface area contributed by atoms with Gasteiger partial charge in [0.05, 0.1) is 0 Å². The third-order valence-electron chi connectivity index (χ3n) is 2.65. The van der Waals surface area contributed by atoms with E-state index in [-0.39, 0.29) is 0 Å². The summed E-state index contributed by atoms with van der Waals surface area (Å²) in [6, 6.07) is 0. The van der Waals surface area contributed by atoms with Crippen LogP contribution >= 0.6 is 11.8 Å². The molecule has 0 aliphatic heterocycles. The second-order valence-electron chi connectivity index (χ2n) is 4.53. The number of nitrogens with one attached hydrogen (secondary N) is 1. The van der Waals surface area contributed by atoms with E-state index < -0.39 is 0 Å². The normalized spacial score (nSPS) is 13.0. The van der Waals surface area contributed by atoms with Crippen LogP contribution in [-0.4, -0.2) is 25.1 Å². The first-order chi connectivity index (χ1) is 7.31. The van der Waals surface area contributed by atoms with Gasteiger partial charge in [-0.25, -0.2) is 0 Å². The minimum absolute atomic E-state index is 0.820. The van der Waals surface area contributed by atoms with Crippen LogP contribution in [0.25, 0.3) is 0 Å². The van der Waals surface area contributed by atoms with E-state index in [1.165, 1.54) is 57.4 Å². The Morgan fingerprint density at radius 1 is 1.07 bits per heavy atom. The van der Waals surface area contributed by atoms with Crippen LogP contribution in [0.15, 0.2) is 0 Å². The molecule has 2 heteroatoms. The smallest absolute Gasteiger partial charge is 0.00153 e. The quantitative estimate of drug-likeness (QED) is 0.541. The van der Waals surface area contributed by atoms with Gasteiger partial charge in [0, 0.05) is 0 Å². The van der Waals surface area contributed by atoms with Crippen LogP contribution in [0.1, 0.15) is 52.4 Å². The third-order valence-corrected chi connectivity index (χ3v) is 3.55. The highest BCUT2D eigenvalue weighted by Crippen LogP contribution is 2.05. The Bertz CT molecular complexity index is 117. The molecule has 0 heterocycles. The van der Waals surface area contributed by atoms with E-state index in [0.717, 1.165) is 5.92 Å². The molecule has 0 radical (unpaired) electrons. The van der Waals surface area contributed by atoms with Gasteiger partial charge in [-0.2, -0.15) is 11.8 Å². The molecule has 92 valence electrons. The Kier molecular flexibility index (Phi) is 12.6. The monoisotopic (exact) mass is 231 g/mol. The molecule has 0 aromatic heterocycles.